The van der Waals surface area contributed by atoms with E-state index in [1.54, 1.807) is 7.11 Å². The standard InChI is InChI=1S/C27H32N2O4/c1-3-4-18-33-19-10-17-29-26(30)24(21-13-6-8-15-23(21)32-2)25(27(29)31)28-16-9-12-20-11-5-7-14-22(20)28/h5-8,11,13-15H,3-4,9-10,12,16-19H2,1-2H3. The molecule has 0 fully saturated rings. The number of unbranched alkanes of at least 4 members (excludes halogenated alkanes) is 1. The van der Waals surface area contributed by atoms with Crippen molar-refractivity contribution in [3.8, 4) is 5.75 Å². The molecule has 6 nitrogen and oxygen atoms in total. The summed E-state index contributed by atoms with van der Waals surface area (Å²) < 4.78 is 11.2. The summed E-state index contributed by atoms with van der Waals surface area (Å²) in [6.07, 6.45) is 4.59. The summed E-state index contributed by atoms with van der Waals surface area (Å²) in [5, 5.41) is 0. The Kier molecular flexibility index (Phi) is 7.45. The van der Waals surface area contributed by atoms with Crippen LogP contribution in [-0.4, -0.2) is 50.1 Å². The van der Waals surface area contributed by atoms with Crippen LogP contribution in [0.1, 0.15) is 43.7 Å². The molecule has 0 aromatic heterocycles. The van der Waals surface area contributed by atoms with E-state index in [4.69, 9.17) is 9.47 Å². The number of imide groups is 1. The fraction of sp³-hybridized carbons (Fsp3) is 0.407. The molecular weight excluding hydrogens is 416 g/mol. The fourth-order valence-corrected chi connectivity index (χ4v) is 4.55. The first-order valence-corrected chi connectivity index (χ1v) is 11.8. The van der Waals surface area contributed by atoms with Crippen molar-refractivity contribution in [3.05, 3.63) is 65.4 Å². The van der Waals surface area contributed by atoms with Crippen LogP contribution in [0, 0.1) is 0 Å². The molecule has 6 heteroatoms. The average Bonchev–Trinajstić information content (AvgIpc) is 3.10. The Labute approximate surface area is 195 Å². The summed E-state index contributed by atoms with van der Waals surface area (Å²) in [5.74, 6) is 0.0727. The molecule has 0 saturated heterocycles. The minimum atomic E-state index is -0.267. The van der Waals surface area contributed by atoms with Crippen molar-refractivity contribution in [3.63, 3.8) is 0 Å². The molecule has 0 atom stereocenters. The second kappa shape index (κ2) is 10.7. The van der Waals surface area contributed by atoms with Crippen molar-refractivity contribution in [1.29, 1.82) is 0 Å². The molecule has 2 aliphatic rings. The van der Waals surface area contributed by atoms with Gasteiger partial charge in [-0.25, -0.2) is 0 Å². The van der Waals surface area contributed by atoms with Crippen LogP contribution in [0.5, 0.6) is 5.75 Å². The maximum absolute atomic E-state index is 13.7. The van der Waals surface area contributed by atoms with E-state index in [0.717, 1.165) is 31.4 Å². The number of ether oxygens (including phenoxy) is 2. The van der Waals surface area contributed by atoms with Gasteiger partial charge in [-0.2, -0.15) is 0 Å². The summed E-state index contributed by atoms with van der Waals surface area (Å²) in [5.41, 5.74) is 3.71. The molecule has 2 aromatic carbocycles. The van der Waals surface area contributed by atoms with Crippen molar-refractivity contribution >= 4 is 23.1 Å². The van der Waals surface area contributed by atoms with Crippen LogP contribution < -0.4 is 9.64 Å². The average molecular weight is 449 g/mol. The molecule has 4 rings (SSSR count). The second-order valence-electron chi connectivity index (χ2n) is 8.39. The number of benzene rings is 2. The SMILES string of the molecule is CCCCOCCCN1C(=O)C(c2ccccc2OC)=C(N2CCCc3ccccc32)C1=O. The van der Waals surface area contributed by atoms with Gasteiger partial charge in [-0.15, -0.1) is 0 Å². The molecular formula is C27H32N2O4. The van der Waals surface area contributed by atoms with Gasteiger partial charge in [-0.3, -0.25) is 14.5 Å². The third kappa shape index (κ3) is 4.67. The van der Waals surface area contributed by atoms with Crippen LogP contribution in [0.4, 0.5) is 5.69 Å². The van der Waals surface area contributed by atoms with E-state index in [-0.39, 0.29) is 11.8 Å². The number of hydrogen-bond donors (Lipinski definition) is 0. The molecule has 0 unspecified atom stereocenters. The van der Waals surface area contributed by atoms with Gasteiger partial charge in [0.15, 0.2) is 0 Å². The Morgan fingerprint density at radius 3 is 2.52 bits per heavy atom. The largest absolute Gasteiger partial charge is 0.496 e. The van der Waals surface area contributed by atoms with E-state index >= 15 is 0 Å². The summed E-state index contributed by atoms with van der Waals surface area (Å²) in [7, 11) is 1.59. The quantitative estimate of drug-likeness (QED) is 0.397. The van der Waals surface area contributed by atoms with E-state index in [9.17, 15) is 9.59 Å². The number of hydrogen-bond acceptors (Lipinski definition) is 5. The molecule has 2 heterocycles. The van der Waals surface area contributed by atoms with E-state index in [1.165, 1.54) is 10.5 Å². The summed E-state index contributed by atoms with van der Waals surface area (Å²) in [4.78, 5) is 30.7. The number of nitrogens with zero attached hydrogens (tertiary/aromatic N) is 2. The van der Waals surface area contributed by atoms with Crippen LogP contribution in [0.3, 0.4) is 0 Å². The van der Waals surface area contributed by atoms with Gasteiger partial charge >= 0.3 is 0 Å². The van der Waals surface area contributed by atoms with Gasteiger partial charge in [-0.1, -0.05) is 49.7 Å². The number of carbonyl (C=O) groups excluding carboxylic acids is 2. The van der Waals surface area contributed by atoms with Crippen LogP contribution >= 0.6 is 0 Å². The summed E-state index contributed by atoms with van der Waals surface area (Å²) in [6, 6.07) is 15.5. The molecule has 2 aromatic rings. The molecule has 0 spiro atoms. The molecule has 0 radical (unpaired) electrons. The number of fused-ring (bicyclic) bond motifs is 1. The van der Waals surface area contributed by atoms with Crippen molar-refractivity contribution in [1.82, 2.24) is 4.90 Å². The lowest BCUT2D eigenvalue weighted by molar-refractivity contribution is -0.137. The molecule has 0 bridgehead atoms. The zero-order valence-corrected chi connectivity index (χ0v) is 19.5. The molecule has 0 saturated carbocycles. The Hall–Kier alpha value is -3.12. The van der Waals surface area contributed by atoms with Gasteiger partial charge in [0.2, 0.25) is 0 Å². The highest BCUT2D eigenvalue weighted by molar-refractivity contribution is 6.37. The monoisotopic (exact) mass is 448 g/mol. The molecule has 2 amide bonds. The Morgan fingerprint density at radius 1 is 0.939 bits per heavy atom. The van der Waals surface area contributed by atoms with E-state index in [2.05, 4.69) is 13.0 Å². The topological polar surface area (TPSA) is 59.1 Å². The van der Waals surface area contributed by atoms with Gasteiger partial charge in [0, 0.05) is 37.6 Å². The Bertz CT molecular complexity index is 1050. The Morgan fingerprint density at radius 2 is 1.70 bits per heavy atom. The zero-order chi connectivity index (χ0) is 23.2. The van der Waals surface area contributed by atoms with Crippen molar-refractivity contribution in [2.24, 2.45) is 0 Å². The number of anilines is 1. The number of amides is 2. The van der Waals surface area contributed by atoms with Crippen molar-refractivity contribution in [2.45, 2.75) is 39.0 Å². The van der Waals surface area contributed by atoms with Crippen LogP contribution in [0.2, 0.25) is 0 Å². The predicted octanol–water partition coefficient (Wildman–Crippen LogP) is 4.43. The number of methoxy groups -OCH3 is 1. The summed E-state index contributed by atoms with van der Waals surface area (Å²) >= 11 is 0. The van der Waals surface area contributed by atoms with Gasteiger partial charge in [0.05, 0.1) is 12.7 Å². The lowest BCUT2D eigenvalue weighted by Crippen LogP contribution is -2.37. The lowest BCUT2D eigenvalue weighted by Gasteiger charge is -2.32. The maximum atomic E-state index is 13.7. The second-order valence-corrected chi connectivity index (χ2v) is 8.39. The molecule has 33 heavy (non-hydrogen) atoms. The van der Waals surface area contributed by atoms with Crippen LogP contribution in [0.25, 0.3) is 5.57 Å². The third-order valence-electron chi connectivity index (χ3n) is 6.21. The van der Waals surface area contributed by atoms with Gasteiger partial charge in [0.25, 0.3) is 11.8 Å². The minimum Gasteiger partial charge on any atom is -0.496 e. The fourth-order valence-electron chi connectivity index (χ4n) is 4.55. The third-order valence-corrected chi connectivity index (χ3v) is 6.21. The molecule has 0 N–H and O–H groups in total. The van der Waals surface area contributed by atoms with Gasteiger partial charge < -0.3 is 14.4 Å². The molecule has 174 valence electrons. The minimum absolute atomic E-state index is 0.244. The first-order chi connectivity index (χ1) is 16.2. The van der Waals surface area contributed by atoms with Crippen LogP contribution in [-0.2, 0) is 20.7 Å². The van der Waals surface area contributed by atoms with Crippen molar-refractivity contribution < 1.29 is 19.1 Å². The number of rotatable bonds is 10. The van der Waals surface area contributed by atoms with E-state index in [0.29, 0.717) is 55.3 Å². The highest BCUT2D eigenvalue weighted by Crippen LogP contribution is 2.40. The van der Waals surface area contributed by atoms with Gasteiger partial charge in [-0.05, 0) is 43.4 Å². The number of aryl methyl sites for hydroxylation is 1. The predicted molar refractivity (Wildman–Crippen MR) is 129 cm³/mol. The first kappa shape index (κ1) is 23.1. The van der Waals surface area contributed by atoms with Crippen molar-refractivity contribution in [2.75, 3.05) is 38.3 Å². The maximum Gasteiger partial charge on any atom is 0.278 e. The van der Waals surface area contributed by atoms with E-state index < -0.39 is 0 Å². The first-order valence-electron chi connectivity index (χ1n) is 11.8. The van der Waals surface area contributed by atoms with Crippen LogP contribution in [0.15, 0.2) is 54.2 Å². The summed E-state index contributed by atoms with van der Waals surface area (Å²) in [6.45, 7) is 4.39. The molecule has 2 aliphatic heterocycles. The molecule has 0 aliphatic carbocycles. The smallest absolute Gasteiger partial charge is 0.278 e. The highest BCUT2D eigenvalue weighted by atomic mass is 16.5. The lowest BCUT2D eigenvalue weighted by atomic mass is 9.98. The normalized spacial score (nSPS) is 15.9. The zero-order valence-electron chi connectivity index (χ0n) is 19.5. The Balaban J connectivity index is 1.69. The number of para-hydroxylation sites is 2. The van der Waals surface area contributed by atoms with E-state index in [1.807, 2.05) is 47.4 Å². The van der Waals surface area contributed by atoms with Gasteiger partial charge in [0.1, 0.15) is 11.4 Å². The highest BCUT2D eigenvalue weighted by Gasteiger charge is 2.43. The number of carbonyl (C=O) groups is 2.